The molecule has 6 heteroatoms. The summed E-state index contributed by atoms with van der Waals surface area (Å²) in [6, 6.07) is 150. The highest BCUT2D eigenvalue weighted by Gasteiger charge is 2.41. The van der Waals surface area contributed by atoms with Crippen LogP contribution in [0.5, 0.6) is 0 Å². The number of anilines is 3. The van der Waals surface area contributed by atoms with Crippen LogP contribution in [0.2, 0.25) is 0 Å². The second kappa shape index (κ2) is 46.9. The summed E-state index contributed by atoms with van der Waals surface area (Å²) in [5, 5.41) is 13.6. The Balaban J connectivity index is 0.000000140. The van der Waals surface area contributed by atoms with Crippen LogP contribution < -0.4 is 25.6 Å². The molecule has 0 radical (unpaired) electrons. The normalized spacial score (nSPS) is 12.4. The minimum Gasteiger partial charge on any atom is -0.456 e. The summed E-state index contributed by atoms with van der Waals surface area (Å²) in [4.78, 5) is 2.28. The molecule has 0 aliphatic carbocycles. The van der Waals surface area contributed by atoms with Crippen LogP contribution in [0.25, 0.3) is 84.5 Å². The minimum atomic E-state index is -2.38. The second-order valence-electron chi connectivity index (χ2n) is 46.4. The van der Waals surface area contributed by atoms with E-state index in [0.29, 0.717) is 5.56 Å². The topological polar surface area (TPSA) is 16.4 Å². The van der Waals surface area contributed by atoms with Gasteiger partial charge in [0.05, 0.1) is 6.85 Å². The predicted molar refractivity (Wildman–Crippen MR) is 648 cm³/mol. The molecule has 0 unspecified atom stereocenters. The molecule has 3 heterocycles. The largest absolute Gasteiger partial charge is 0.456 e. The maximum atomic E-state index is 12.5. The van der Waals surface area contributed by atoms with E-state index in [1.54, 1.807) is 0 Å². The molecular weight excluding hydrogens is 1830 g/mol. The van der Waals surface area contributed by atoms with Gasteiger partial charge < -0.3 is 9.32 Å². The Bertz CT molecular complexity index is 7870. The van der Waals surface area contributed by atoms with E-state index in [0.717, 1.165) is 28.2 Å². The smallest absolute Gasteiger partial charge is 0.179 e. The highest BCUT2D eigenvalue weighted by Crippen LogP contribution is 2.43. The van der Waals surface area contributed by atoms with E-state index in [9.17, 15) is 4.39 Å². The number of benzene rings is 18. The van der Waals surface area contributed by atoms with E-state index in [4.69, 9.17) is 11.3 Å². The van der Waals surface area contributed by atoms with E-state index in [1.165, 1.54) is 151 Å². The Labute approximate surface area is 894 Å². The average molecular weight is 1990 g/mol. The summed E-state index contributed by atoms with van der Waals surface area (Å²) in [6.45, 7) is 54.5. The standard InChI is InChI=1S/C28H27N.C28H28Si.C22H20S.C16H16O.C16H16S.C11H16.C10H13F.C10H14/c1-28(2,3)24-18-14-22(15-19-24)23-16-20-27(21-17-23)29(25-10-6-4-7-11-25)26-12-8-5-9-13-26;1-28(2,3)23-19-21-27(22-20-23)29(24-13-7-4-8-14-24,25-15-9-5-10-16-25)26-17-11-6-12-18-26;1-22(2,3)17-11-8-15(9-12-17)16-10-13-19-18-6-4-5-7-20(18)23-21(19)14-16;1-16(2,3)11-8-9-13-12-6-4-5-7-14(12)17-15(13)10-11;1-16(2,3)13-9-6-8-12-11-7-4-5-10-14(11)17-15(12)13;1-9-5-7-10(8-6-9)11(2,3)4;1-10(2,3)8-4-6-9(11)7-5-8;1-10(2,3)9-7-5-4-6-8-9/h4-21H,1-3H3;4-22H,1-3H3;4-14H,1-3H3;2*4-10H,1-3H3;5-8H,1-4H3;4-7H,1-3H3;4-8H,1-3H3/i;;;;;;;4D,5D,6D,7D,8D. The van der Waals surface area contributed by atoms with Gasteiger partial charge in [0.15, 0.2) is 8.07 Å². The van der Waals surface area contributed by atoms with Crippen LogP contribution >= 0.6 is 22.7 Å². The van der Waals surface area contributed by atoms with Crippen molar-refractivity contribution in [3.8, 4) is 22.3 Å². The molecule has 0 spiro atoms. The van der Waals surface area contributed by atoms with Gasteiger partial charge in [0.25, 0.3) is 0 Å². The van der Waals surface area contributed by atoms with E-state index in [2.05, 4.69) is 545 Å². The first-order valence-electron chi connectivity index (χ1n) is 54.0. The summed E-state index contributed by atoms with van der Waals surface area (Å²) in [7, 11) is -2.38. The number of halogens is 1. The number of rotatable bonds is 9. The Morgan fingerprint density at radius 2 is 0.551 bits per heavy atom. The molecule has 0 saturated carbocycles. The molecule has 2 nitrogen and oxygen atoms in total. The molecule has 0 fully saturated rings. The van der Waals surface area contributed by atoms with Crippen molar-refractivity contribution in [2.24, 2.45) is 0 Å². The highest BCUT2D eigenvalue weighted by molar-refractivity contribution is 7.26. The number of fused-ring (bicyclic) bond motifs is 9. The molecule has 0 aliphatic heterocycles. The lowest BCUT2D eigenvalue weighted by Gasteiger charge is -2.34. The van der Waals surface area contributed by atoms with Gasteiger partial charge in [0.1, 0.15) is 17.0 Å². The molecule has 147 heavy (non-hydrogen) atoms. The molecule has 21 aromatic rings. The number of para-hydroxylation sites is 3. The van der Waals surface area contributed by atoms with Crippen molar-refractivity contribution in [1.29, 1.82) is 0 Å². The van der Waals surface area contributed by atoms with Crippen molar-refractivity contribution in [3.05, 3.63) is 511 Å². The van der Waals surface area contributed by atoms with Crippen LogP contribution in [-0.4, -0.2) is 8.07 Å². The molecule has 748 valence electrons. The van der Waals surface area contributed by atoms with E-state index >= 15 is 0 Å². The number of hydrogen-bond donors (Lipinski definition) is 0. The molecule has 0 amide bonds. The van der Waals surface area contributed by atoms with Crippen LogP contribution in [0.4, 0.5) is 21.5 Å². The lowest BCUT2D eigenvalue weighted by atomic mass is 9.86. The lowest BCUT2D eigenvalue weighted by Crippen LogP contribution is -2.74. The molecule has 0 aliphatic rings. The van der Waals surface area contributed by atoms with Crippen molar-refractivity contribution in [2.75, 3.05) is 4.90 Å². The van der Waals surface area contributed by atoms with Crippen molar-refractivity contribution < 1.29 is 15.7 Å². The van der Waals surface area contributed by atoms with E-state index in [-0.39, 0.29) is 73.9 Å². The monoisotopic (exact) mass is 1990 g/mol. The molecule has 0 saturated heterocycles. The van der Waals surface area contributed by atoms with Gasteiger partial charge in [-0.15, -0.1) is 22.7 Å². The highest BCUT2D eigenvalue weighted by atomic mass is 32.1. The predicted octanol–water partition coefficient (Wildman–Crippen LogP) is 39.1. The fourth-order valence-corrected chi connectivity index (χ4v) is 25.4. The van der Waals surface area contributed by atoms with Gasteiger partial charge in [0.2, 0.25) is 0 Å². The van der Waals surface area contributed by atoms with Gasteiger partial charge in [-0.3, -0.25) is 0 Å². The third-order valence-corrected chi connectivity index (χ3v) is 34.0. The summed E-state index contributed by atoms with van der Waals surface area (Å²) in [5.74, 6) is -0.169. The Kier molecular flexibility index (Phi) is 32.5. The van der Waals surface area contributed by atoms with Gasteiger partial charge in [-0.05, 0) is 217 Å². The van der Waals surface area contributed by atoms with Crippen molar-refractivity contribution in [3.63, 3.8) is 0 Å². The third kappa shape index (κ3) is 27.9. The fourth-order valence-electron chi connectivity index (χ4n) is 18.1. The van der Waals surface area contributed by atoms with Crippen molar-refractivity contribution >= 4 is 131 Å². The summed E-state index contributed by atoms with van der Waals surface area (Å²) in [5.41, 5.74) is 22.5. The molecule has 3 aromatic heterocycles. The maximum absolute atomic E-state index is 12.5. The van der Waals surface area contributed by atoms with Gasteiger partial charge in [-0.25, -0.2) is 4.39 Å². The number of hydrogen-bond acceptors (Lipinski definition) is 4. The van der Waals surface area contributed by atoms with Crippen molar-refractivity contribution in [2.45, 2.75) is 216 Å². The minimum absolute atomic E-state index is 0.103. The SMILES string of the molecule is CC(C)(C)c1ccc(-c2ccc(N(c3ccccc3)c3ccccc3)cc2)cc1.CC(C)(C)c1ccc(-c2ccc3c(c2)sc2ccccc23)cc1.CC(C)(C)c1ccc(F)cc1.CC(C)(C)c1ccc([Si](c2ccccc2)(c2ccccc2)c2ccccc2)cc1.CC(C)(C)c1ccc2c(c1)oc1ccccc12.CC(C)(C)c1cccc2c1sc1ccccc12.Cc1ccc(C(C)(C)C)cc1.[2H]c1c([2H])c([2H])c(C(C)(C)C)c([2H])c1[2H]. The summed E-state index contributed by atoms with van der Waals surface area (Å²) < 4.78 is 61.8. The lowest BCUT2D eigenvalue weighted by molar-refractivity contribution is 0.582. The van der Waals surface area contributed by atoms with Crippen LogP contribution in [-0.2, 0) is 43.3 Å². The molecule has 0 atom stereocenters. The number of nitrogens with zero attached hydrogens (tertiary/aromatic N) is 1. The molecule has 0 N–H and O–H groups in total. The average Bonchev–Trinajstić information content (AvgIpc) is 0.955. The quantitative estimate of drug-likeness (QED) is 0.106. The number of thiophene rings is 2. The zero-order valence-corrected chi connectivity index (χ0v) is 93.6. The third-order valence-electron chi connectivity index (χ3n) is 26.8. The van der Waals surface area contributed by atoms with Crippen molar-refractivity contribution in [1.82, 2.24) is 0 Å². The summed E-state index contributed by atoms with van der Waals surface area (Å²) in [6.07, 6.45) is 0. The van der Waals surface area contributed by atoms with Gasteiger partial charge in [-0.1, -0.05) is 548 Å². The van der Waals surface area contributed by atoms with E-state index < -0.39 is 13.5 Å². The number of furan rings is 1. The molecule has 0 bridgehead atoms. The zero-order valence-electron chi connectivity index (χ0n) is 96.0. The Morgan fingerprint density at radius 1 is 0.238 bits per heavy atom. The maximum Gasteiger partial charge on any atom is 0.179 e. The second-order valence-corrected chi connectivity index (χ2v) is 52.4. The zero-order chi connectivity index (χ0) is 110. The van der Waals surface area contributed by atoms with Gasteiger partial charge in [0, 0.05) is 68.2 Å². The molecular formula is C141H150FNOS2Si. The van der Waals surface area contributed by atoms with Crippen LogP contribution in [0.15, 0.2) is 459 Å². The molecule has 18 aromatic carbocycles. The van der Waals surface area contributed by atoms with Gasteiger partial charge in [-0.2, -0.15) is 0 Å². The van der Waals surface area contributed by atoms with Crippen LogP contribution in [0, 0.1) is 12.7 Å². The van der Waals surface area contributed by atoms with Gasteiger partial charge >= 0.3 is 0 Å². The summed E-state index contributed by atoms with van der Waals surface area (Å²) >= 11 is 3.79. The van der Waals surface area contributed by atoms with Crippen LogP contribution in [0.3, 0.4) is 0 Å². The fraction of sp³-hybridized carbons (Fsp3) is 0.234. The first kappa shape index (κ1) is 102. The first-order valence-corrected chi connectivity index (χ1v) is 55.2. The Morgan fingerprint density at radius 3 is 0.986 bits per heavy atom. The molecule has 21 rings (SSSR count). The number of aryl methyl sites for hydroxylation is 1. The van der Waals surface area contributed by atoms with E-state index in [1.807, 2.05) is 67.7 Å². The Hall–Kier alpha value is -13.9. The first-order chi connectivity index (χ1) is 71.9. The van der Waals surface area contributed by atoms with Crippen LogP contribution in [0.1, 0.15) is 223 Å².